The summed E-state index contributed by atoms with van der Waals surface area (Å²) in [7, 11) is 0. The van der Waals surface area contributed by atoms with Crippen LogP contribution in [0.2, 0.25) is 0 Å². The Bertz CT molecular complexity index is 1270. The zero-order valence-electron chi connectivity index (χ0n) is 21.5. The molecule has 1 aliphatic heterocycles. The summed E-state index contributed by atoms with van der Waals surface area (Å²) in [6.07, 6.45) is 6.22. The summed E-state index contributed by atoms with van der Waals surface area (Å²) in [6.45, 7) is 8.60. The maximum Gasteiger partial charge on any atom is 0.335 e. The third kappa shape index (κ3) is 4.66. The lowest BCUT2D eigenvalue weighted by Gasteiger charge is -2.32. The second kappa shape index (κ2) is 10.5. The van der Waals surface area contributed by atoms with Crippen molar-refractivity contribution in [2.45, 2.75) is 65.0 Å². The van der Waals surface area contributed by atoms with Crippen molar-refractivity contribution in [1.82, 2.24) is 14.4 Å². The van der Waals surface area contributed by atoms with Crippen LogP contribution in [0.15, 0.2) is 42.5 Å². The topological polar surface area (TPSA) is 65.8 Å². The first-order chi connectivity index (χ1) is 17.5. The van der Waals surface area contributed by atoms with Crippen LogP contribution in [0.1, 0.15) is 73.4 Å². The molecule has 1 saturated carbocycles. The van der Waals surface area contributed by atoms with E-state index in [0.29, 0.717) is 19.0 Å². The third-order valence-electron chi connectivity index (χ3n) is 8.22. The number of carbonyl (C=O) groups excluding carboxylic acids is 1. The van der Waals surface area contributed by atoms with Gasteiger partial charge >= 0.3 is 5.97 Å². The van der Waals surface area contributed by atoms with Crippen molar-refractivity contribution in [1.29, 1.82) is 0 Å². The highest BCUT2D eigenvalue weighted by Crippen LogP contribution is 2.42. The molecule has 6 nitrogen and oxygen atoms in total. The largest absolute Gasteiger partial charge is 0.478 e. The van der Waals surface area contributed by atoms with Gasteiger partial charge in [0.05, 0.1) is 11.3 Å². The summed E-state index contributed by atoms with van der Waals surface area (Å²) in [5.74, 6) is -0.349. The molecule has 0 radical (unpaired) electrons. The highest BCUT2D eigenvalue weighted by atomic mass is 16.4. The van der Waals surface area contributed by atoms with Crippen molar-refractivity contribution in [2.75, 3.05) is 26.2 Å². The molecular formula is C30H37N3O3. The Hall–Kier alpha value is -3.12. The van der Waals surface area contributed by atoms with Crippen LogP contribution in [-0.4, -0.2) is 57.5 Å². The molecule has 3 aromatic rings. The highest BCUT2D eigenvalue weighted by molar-refractivity contribution is 5.97. The molecule has 1 N–H and O–H groups in total. The zero-order valence-corrected chi connectivity index (χ0v) is 21.5. The number of benzene rings is 2. The number of carboxylic acid groups (broad SMARTS) is 1. The SMILES string of the molecule is CCN(CC)CCN1Cc2cccc(C3CCCCC3)c2-c2cc3ccc(C(=O)O)cc3n2CC1=O. The fourth-order valence-corrected chi connectivity index (χ4v) is 6.12. The molecule has 6 heteroatoms. The molecule has 5 rings (SSSR count). The number of rotatable bonds is 7. The predicted molar refractivity (Wildman–Crippen MR) is 143 cm³/mol. The van der Waals surface area contributed by atoms with E-state index in [0.717, 1.165) is 36.2 Å². The third-order valence-corrected chi connectivity index (χ3v) is 8.22. The van der Waals surface area contributed by atoms with E-state index >= 15 is 0 Å². The van der Waals surface area contributed by atoms with Gasteiger partial charge in [-0.15, -0.1) is 0 Å². The van der Waals surface area contributed by atoms with Crippen LogP contribution in [0.4, 0.5) is 0 Å². The number of aromatic carboxylic acids is 1. The van der Waals surface area contributed by atoms with Gasteiger partial charge in [0.2, 0.25) is 5.91 Å². The van der Waals surface area contributed by atoms with Gasteiger partial charge in [0.25, 0.3) is 0 Å². The Morgan fingerprint density at radius 1 is 1.03 bits per heavy atom. The van der Waals surface area contributed by atoms with Gasteiger partial charge in [-0.2, -0.15) is 0 Å². The minimum atomic E-state index is -0.950. The van der Waals surface area contributed by atoms with Crippen LogP contribution in [0.25, 0.3) is 22.2 Å². The molecule has 1 aliphatic carbocycles. The number of likely N-dealkylation sites (N-methyl/N-ethyl adjacent to an activating group) is 1. The van der Waals surface area contributed by atoms with Crippen LogP contribution in [0.5, 0.6) is 0 Å². The van der Waals surface area contributed by atoms with Gasteiger partial charge in [0.1, 0.15) is 6.54 Å². The lowest BCUT2D eigenvalue weighted by Crippen LogP contribution is -2.40. The minimum Gasteiger partial charge on any atom is -0.478 e. The van der Waals surface area contributed by atoms with E-state index in [1.54, 1.807) is 12.1 Å². The van der Waals surface area contributed by atoms with E-state index in [1.165, 1.54) is 48.8 Å². The van der Waals surface area contributed by atoms with Gasteiger partial charge in [-0.1, -0.05) is 57.4 Å². The number of amides is 1. The van der Waals surface area contributed by atoms with Crippen LogP contribution >= 0.6 is 0 Å². The smallest absolute Gasteiger partial charge is 0.335 e. The molecular weight excluding hydrogens is 450 g/mol. The van der Waals surface area contributed by atoms with Crippen molar-refractivity contribution >= 4 is 22.8 Å². The van der Waals surface area contributed by atoms with Crippen LogP contribution < -0.4 is 0 Å². The molecule has 1 amide bonds. The van der Waals surface area contributed by atoms with Crippen LogP contribution in [-0.2, 0) is 17.9 Å². The van der Waals surface area contributed by atoms with Gasteiger partial charge in [0, 0.05) is 36.1 Å². The molecule has 190 valence electrons. The average Bonchev–Trinajstić information content (AvgIpc) is 3.24. The summed E-state index contributed by atoms with van der Waals surface area (Å²) < 4.78 is 2.07. The Kier molecular flexibility index (Phi) is 7.15. The molecule has 0 saturated heterocycles. The van der Waals surface area contributed by atoms with Gasteiger partial charge in [-0.25, -0.2) is 4.79 Å². The molecule has 0 atom stereocenters. The van der Waals surface area contributed by atoms with Crippen molar-refractivity contribution in [3.63, 3.8) is 0 Å². The van der Waals surface area contributed by atoms with Crippen LogP contribution in [0, 0.1) is 0 Å². The molecule has 0 bridgehead atoms. The molecule has 0 spiro atoms. The number of carbonyl (C=O) groups is 2. The van der Waals surface area contributed by atoms with Crippen molar-refractivity contribution in [2.24, 2.45) is 0 Å². The zero-order chi connectivity index (χ0) is 25.2. The first-order valence-corrected chi connectivity index (χ1v) is 13.5. The summed E-state index contributed by atoms with van der Waals surface area (Å²) in [5.41, 5.74) is 5.92. The lowest BCUT2D eigenvalue weighted by atomic mass is 9.80. The molecule has 2 heterocycles. The minimum absolute atomic E-state index is 0.0790. The fourth-order valence-electron chi connectivity index (χ4n) is 6.12. The summed E-state index contributed by atoms with van der Waals surface area (Å²) in [5, 5.41) is 10.6. The first kappa shape index (κ1) is 24.6. The summed E-state index contributed by atoms with van der Waals surface area (Å²) in [6, 6.07) is 14.0. The van der Waals surface area contributed by atoms with E-state index in [2.05, 4.69) is 47.6 Å². The van der Waals surface area contributed by atoms with E-state index < -0.39 is 5.97 Å². The van der Waals surface area contributed by atoms with Gasteiger partial charge in [0.15, 0.2) is 0 Å². The molecule has 0 unspecified atom stereocenters. The van der Waals surface area contributed by atoms with E-state index in [-0.39, 0.29) is 18.0 Å². The van der Waals surface area contributed by atoms with E-state index in [1.807, 2.05) is 11.0 Å². The Morgan fingerprint density at radius 2 is 1.81 bits per heavy atom. The lowest BCUT2D eigenvalue weighted by molar-refractivity contribution is -0.132. The van der Waals surface area contributed by atoms with Crippen molar-refractivity contribution < 1.29 is 14.7 Å². The molecule has 1 aromatic heterocycles. The molecule has 1 fully saturated rings. The second-order valence-electron chi connectivity index (χ2n) is 10.3. The Labute approximate surface area is 213 Å². The second-order valence-corrected chi connectivity index (χ2v) is 10.3. The van der Waals surface area contributed by atoms with Gasteiger partial charge in [-0.3, -0.25) is 4.79 Å². The normalized spacial score (nSPS) is 16.6. The molecule has 2 aliphatic rings. The Morgan fingerprint density at radius 3 is 2.53 bits per heavy atom. The molecule has 36 heavy (non-hydrogen) atoms. The number of aromatic nitrogens is 1. The number of fused-ring (bicyclic) bond motifs is 5. The van der Waals surface area contributed by atoms with Crippen molar-refractivity contribution in [3.8, 4) is 11.3 Å². The Balaban J connectivity index is 1.66. The maximum absolute atomic E-state index is 13.6. The fraction of sp³-hybridized carbons (Fsp3) is 0.467. The van der Waals surface area contributed by atoms with E-state index in [9.17, 15) is 14.7 Å². The van der Waals surface area contributed by atoms with Crippen LogP contribution in [0.3, 0.4) is 0 Å². The summed E-state index contributed by atoms with van der Waals surface area (Å²) >= 11 is 0. The first-order valence-electron chi connectivity index (χ1n) is 13.5. The number of nitrogens with zero attached hydrogens (tertiary/aromatic N) is 3. The number of hydrogen-bond donors (Lipinski definition) is 1. The average molecular weight is 488 g/mol. The predicted octanol–water partition coefficient (Wildman–Crippen LogP) is 5.74. The summed E-state index contributed by atoms with van der Waals surface area (Å²) in [4.78, 5) is 29.7. The number of hydrogen-bond acceptors (Lipinski definition) is 3. The standard InChI is InChI=1S/C30H37N3O3/c1-3-31(4-2)15-16-32-19-24-11-8-12-25(21-9-6-5-7-10-21)29(24)27-17-22-13-14-23(30(35)36)18-26(22)33(27)20-28(32)34/h8,11-14,17-18,21H,3-7,9-10,15-16,19-20H2,1-2H3,(H,35,36). The van der Waals surface area contributed by atoms with Gasteiger partial charge < -0.3 is 19.5 Å². The maximum atomic E-state index is 13.6. The quantitative estimate of drug-likeness (QED) is 0.462. The van der Waals surface area contributed by atoms with E-state index in [4.69, 9.17) is 0 Å². The number of carboxylic acids is 1. The molecule has 2 aromatic carbocycles. The highest BCUT2D eigenvalue weighted by Gasteiger charge is 2.28. The van der Waals surface area contributed by atoms with Gasteiger partial charge in [-0.05, 0) is 61.2 Å². The monoisotopic (exact) mass is 487 g/mol. The van der Waals surface area contributed by atoms with Crippen molar-refractivity contribution in [3.05, 3.63) is 59.2 Å².